The van der Waals surface area contributed by atoms with Gasteiger partial charge in [0, 0.05) is 30.9 Å². The van der Waals surface area contributed by atoms with Gasteiger partial charge in [-0.15, -0.1) is 0 Å². The molecular weight excluding hydrogens is 480 g/mol. The highest BCUT2D eigenvalue weighted by molar-refractivity contribution is 7.89. The fraction of sp³-hybridized carbons (Fsp3) is 0.263. The summed E-state index contributed by atoms with van der Waals surface area (Å²) in [6, 6.07) is 7.14. The van der Waals surface area contributed by atoms with Crippen LogP contribution >= 0.6 is 11.6 Å². The van der Waals surface area contributed by atoms with Crippen molar-refractivity contribution in [2.45, 2.75) is 4.90 Å². The van der Waals surface area contributed by atoms with Crippen molar-refractivity contribution in [1.29, 1.82) is 0 Å². The van der Waals surface area contributed by atoms with E-state index < -0.39 is 33.4 Å². The predicted molar refractivity (Wildman–Crippen MR) is 117 cm³/mol. The molecule has 2 aromatic rings. The summed E-state index contributed by atoms with van der Waals surface area (Å²) in [6.45, 7) is 0.174. The number of nitro groups is 1. The van der Waals surface area contributed by atoms with Crippen molar-refractivity contribution in [2.24, 2.45) is 0 Å². The van der Waals surface area contributed by atoms with E-state index in [2.05, 4.69) is 5.32 Å². The first-order valence-corrected chi connectivity index (χ1v) is 11.3. The number of nitrogens with two attached hydrogens (primary N) is 1. The quantitative estimate of drug-likeness (QED) is 0.249. The molecule has 0 radical (unpaired) electrons. The number of nitrogens with zero attached hydrogens (tertiary/aromatic N) is 2. The van der Waals surface area contributed by atoms with E-state index in [1.807, 2.05) is 0 Å². The first-order chi connectivity index (χ1) is 15.6. The second-order valence-corrected chi connectivity index (χ2v) is 9.13. The van der Waals surface area contributed by atoms with Gasteiger partial charge < -0.3 is 20.5 Å². The second-order valence-electron chi connectivity index (χ2n) is 6.81. The number of hydrogen-bond acceptors (Lipinski definition) is 9. The lowest BCUT2D eigenvalue weighted by Crippen LogP contribution is -2.40. The lowest BCUT2D eigenvalue weighted by molar-refractivity contribution is -0.384. The Kier molecular flexibility index (Phi) is 7.48. The summed E-state index contributed by atoms with van der Waals surface area (Å²) in [5, 5.41) is 13.2. The third-order valence-corrected chi connectivity index (χ3v) is 6.98. The molecule has 3 N–H and O–H groups in total. The van der Waals surface area contributed by atoms with Crippen LogP contribution in [0.25, 0.3) is 0 Å². The lowest BCUT2D eigenvalue weighted by Gasteiger charge is -2.26. The number of rotatable bonds is 7. The smallest absolute Gasteiger partial charge is 0.340 e. The average Bonchev–Trinajstić information content (AvgIpc) is 2.79. The third-order valence-electron chi connectivity index (χ3n) is 4.60. The van der Waals surface area contributed by atoms with Crippen LogP contribution in [-0.4, -0.2) is 62.4 Å². The molecule has 0 atom stereocenters. The molecule has 1 aliphatic heterocycles. The number of nitro benzene ring substituents is 1. The summed E-state index contributed by atoms with van der Waals surface area (Å²) in [5.74, 6) is -1.70. The number of carbonyl (C=O) groups is 2. The molecule has 176 valence electrons. The molecule has 33 heavy (non-hydrogen) atoms. The number of non-ortho nitro benzene ring substituents is 1. The summed E-state index contributed by atoms with van der Waals surface area (Å²) in [7, 11) is -3.90. The number of carbonyl (C=O) groups excluding carboxylic acids is 2. The van der Waals surface area contributed by atoms with Crippen molar-refractivity contribution < 1.29 is 32.4 Å². The first kappa shape index (κ1) is 24.4. The lowest BCUT2D eigenvalue weighted by atomic mass is 10.1. The minimum atomic E-state index is -3.90. The van der Waals surface area contributed by atoms with Gasteiger partial charge in [0.15, 0.2) is 6.61 Å². The van der Waals surface area contributed by atoms with E-state index >= 15 is 0 Å². The van der Waals surface area contributed by atoms with Gasteiger partial charge in [-0.3, -0.25) is 14.9 Å². The third kappa shape index (κ3) is 5.76. The molecular formula is C19H19ClN4O8S. The van der Waals surface area contributed by atoms with Crippen LogP contribution in [0.15, 0.2) is 41.3 Å². The van der Waals surface area contributed by atoms with E-state index in [-0.39, 0.29) is 58.8 Å². The summed E-state index contributed by atoms with van der Waals surface area (Å²) < 4.78 is 37.0. The van der Waals surface area contributed by atoms with Gasteiger partial charge in [0.2, 0.25) is 10.0 Å². The number of morpholine rings is 1. The zero-order chi connectivity index (χ0) is 24.2. The van der Waals surface area contributed by atoms with Crippen molar-refractivity contribution in [2.75, 3.05) is 44.0 Å². The Hall–Kier alpha value is -3.26. The molecule has 0 aromatic heterocycles. The Morgan fingerprint density at radius 2 is 1.91 bits per heavy atom. The SMILES string of the molecule is Nc1cc([N+](=O)[O-])ccc1C(=O)OCC(=O)Nc1ccc(Cl)c(S(=O)(=O)N2CCOCC2)c1. The fourth-order valence-corrected chi connectivity index (χ4v) is 4.87. The molecule has 0 bridgehead atoms. The number of hydrogen-bond donors (Lipinski definition) is 2. The highest BCUT2D eigenvalue weighted by Gasteiger charge is 2.28. The van der Waals surface area contributed by atoms with Gasteiger partial charge in [-0.1, -0.05) is 11.6 Å². The van der Waals surface area contributed by atoms with E-state index in [0.717, 1.165) is 18.2 Å². The molecule has 1 heterocycles. The number of esters is 1. The van der Waals surface area contributed by atoms with Gasteiger partial charge in [-0.25, -0.2) is 13.2 Å². The van der Waals surface area contributed by atoms with E-state index in [1.54, 1.807) is 0 Å². The van der Waals surface area contributed by atoms with Gasteiger partial charge in [0.1, 0.15) is 4.90 Å². The van der Waals surface area contributed by atoms with Crippen LogP contribution in [0.3, 0.4) is 0 Å². The second kappa shape index (κ2) is 10.1. The van der Waals surface area contributed by atoms with Crippen molar-refractivity contribution in [3.63, 3.8) is 0 Å². The zero-order valence-corrected chi connectivity index (χ0v) is 18.6. The summed E-state index contributed by atoms with van der Waals surface area (Å²) in [6.07, 6.45) is 0. The van der Waals surface area contributed by atoms with Crippen LogP contribution in [0, 0.1) is 10.1 Å². The first-order valence-electron chi connectivity index (χ1n) is 9.48. The molecule has 3 rings (SSSR count). The topological polar surface area (TPSA) is 171 Å². The van der Waals surface area contributed by atoms with Gasteiger partial charge >= 0.3 is 5.97 Å². The standard InChI is InChI=1S/C19H19ClN4O8S/c20-15-4-1-12(9-17(15)33(29,30)23-5-7-31-8-6-23)22-18(25)11-32-19(26)14-3-2-13(24(27)28)10-16(14)21/h1-4,9-10H,5-8,11,21H2,(H,22,25). The molecule has 1 saturated heterocycles. The Labute approximate surface area is 193 Å². The van der Waals surface area contributed by atoms with Crippen molar-refractivity contribution in [3.8, 4) is 0 Å². The highest BCUT2D eigenvalue weighted by Crippen LogP contribution is 2.28. The average molecular weight is 499 g/mol. The fourth-order valence-electron chi connectivity index (χ4n) is 2.96. The number of sulfonamides is 1. The number of ether oxygens (including phenoxy) is 2. The Bertz CT molecular complexity index is 1200. The molecule has 2 aromatic carbocycles. The van der Waals surface area contributed by atoms with Crippen LogP contribution in [0.1, 0.15) is 10.4 Å². The maximum Gasteiger partial charge on any atom is 0.340 e. The summed E-state index contributed by atoms with van der Waals surface area (Å²) in [4.78, 5) is 34.2. The number of anilines is 2. The summed E-state index contributed by atoms with van der Waals surface area (Å²) in [5.41, 5.74) is 5.15. The van der Waals surface area contributed by atoms with Gasteiger partial charge in [-0.2, -0.15) is 4.31 Å². The van der Waals surface area contributed by atoms with Gasteiger partial charge in [0.25, 0.3) is 11.6 Å². The van der Waals surface area contributed by atoms with E-state index in [1.165, 1.54) is 22.5 Å². The van der Waals surface area contributed by atoms with E-state index in [0.29, 0.717) is 0 Å². The Balaban J connectivity index is 1.65. The van der Waals surface area contributed by atoms with Crippen LogP contribution in [0.5, 0.6) is 0 Å². The van der Waals surface area contributed by atoms with Gasteiger partial charge in [-0.05, 0) is 24.3 Å². The molecule has 0 aliphatic carbocycles. The highest BCUT2D eigenvalue weighted by atomic mass is 35.5. The molecule has 1 aliphatic rings. The Morgan fingerprint density at radius 1 is 1.21 bits per heavy atom. The zero-order valence-electron chi connectivity index (χ0n) is 17.0. The predicted octanol–water partition coefficient (Wildman–Crippen LogP) is 1.65. The number of benzene rings is 2. The maximum absolute atomic E-state index is 12.9. The van der Waals surface area contributed by atoms with Crippen LogP contribution in [0.2, 0.25) is 5.02 Å². The van der Waals surface area contributed by atoms with E-state index in [4.69, 9.17) is 26.8 Å². The monoisotopic (exact) mass is 498 g/mol. The van der Waals surface area contributed by atoms with Gasteiger partial charge in [0.05, 0.1) is 34.4 Å². The Morgan fingerprint density at radius 3 is 2.55 bits per heavy atom. The molecule has 1 amide bonds. The molecule has 0 spiro atoms. The maximum atomic E-state index is 12.9. The minimum absolute atomic E-state index is 0.0143. The molecule has 0 unspecified atom stereocenters. The molecule has 12 nitrogen and oxygen atoms in total. The van der Waals surface area contributed by atoms with Crippen LogP contribution in [0.4, 0.5) is 17.1 Å². The van der Waals surface area contributed by atoms with Crippen molar-refractivity contribution in [3.05, 3.63) is 57.1 Å². The summed E-state index contributed by atoms with van der Waals surface area (Å²) >= 11 is 6.08. The molecule has 14 heteroatoms. The van der Waals surface area contributed by atoms with Crippen molar-refractivity contribution in [1.82, 2.24) is 4.31 Å². The largest absolute Gasteiger partial charge is 0.452 e. The number of halogens is 1. The minimum Gasteiger partial charge on any atom is -0.452 e. The molecule has 1 fully saturated rings. The normalized spacial score (nSPS) is 14.5. The number of nitrogen functional groups attached to an aromatic ring is 1. The molecule has 0 saturated carbocycles. The van der Waals surface area contributed by atoms with E-state index in [9.17, 15) is 28.1 Å². The number of amides is 1. The van der Waals surface area contributed by atoms with Crippen LogP contribution < -0.4 is 11.1 Å². The van der Waals surface area contributed by atoms with Crippen LogP contribution in [-0.2, 0) is 24.3 Å². The number of nitrogens with one attached hydrogen (secondary N) is 1. The van der Waals surface area contributed by atoms with Crippen molar-refractivity contribution >= 4 is 50.6 Å².